The molecule has 0 spiro atoms. The molecule has 0 bridgehead atoms. The second kappa shape index (κ2) is 3.24. The van der Waals surface area contributed by atoms with Crippen molar-refractivity contribution < 1.29 is 0 Å². The molecule has 1 saturated carbocycles. The highest BCUT2D eigenvalue weighted by atomic mass is 14.2. The Labute approximate surface area is 58.7 Å². The van der Waals surface area contributed by atoms with E-state index in [-0.39, 0.29) is 0 Å². The van der Waals surface area contributed by atoms with Gasteiger partial charge in [-0.15, -0.1) is 0 Å². The summed E-state index contributed by atoms with van der Waals surface area (Å²) in [5, 5.41) is 0. The van der Waals surface area contributed by atoms with Crippen molar-refractivity contribution in [1.82, 2.24) is 0 Å². The molecule has 0 nitrogen and oxygen atoms in total. The minimum Gasteiger partial charge on any atom is -0.0622 e. The predicted octanol–water partition coefficient (Wildman–Crippen LogP) is 3.18. The molecule has 53 valence electrons. The lowest BCUT2D eigenvalue weighted by Gasteiger charge is -2.23. The van der Waals surface area contributed by atoms with Gasteiger partial charge < -0.3 is 0 Å². The molecule has 1 radical (unpaired) electrons. The average Bonchev–Trinajstić information content (AvgIpc) is 1.90. The van der Waals surface area contributed by atoms with E-state index in [1.54, 1.807) is 5.92 Å². The number of rotatable bonds is 1. The highest BCUT2D eigenvalue weighted by Gasteiger charge is 2.16. The molecule has 0 heteroatoms. The first-order valence-electron chi connectivity index (χ1n) is 4.15. The third-order valence-corrected chi connectivity index (χ3v) is 2.31. The van der Waals surface area contributed by atoms with E-state index in [9.17, 15) is 0 Å². The van der Waals surface area contributed by atoms with E-state index >= 15 is 0 Å². The lowest BCUT2D eigenvalue weighted by Crippen LogP contribution is -2.09. The average molecular weight is 125 g/mol. The monoisotopic (exact) mass is 125 g/mol. The van der Waals surface area contributed by atoms with Gasteiger partial charge in [0.15, 0.2) is 0 Å². The molecule has 9 heavy (non-hydrogen) atoms. The maximum Gasteiger partial charge on any atom is -0.0215 e. The van der Waals surface area contributed by atoms with Crippen molar-refractivity contribution in [2.45, 2.75) is 46.0 Å². The molecule has 1 aliphatic rings. The van der Waals surface area contributed by atoms with Crippen molar-refractivity contribution in [3.05, 3.63) is 5.92 Å². The first-order valence-corrected chi connectivity index (χ1v) is 4.15. The molecule has 1 fully saturated rings. The summed E-state index contributed by atoms with van der Waals surface area (Å²) in [6, 6.07) is 0. The number of hydrogen-bond donors (Lipinski definition) is 0. The highest BCUT2D eigenvalue weighted by molar-refractivity contribution is 4.94. The lowest BCUT2D eigenvalue weighted by atomic mass is 9.82. The molecule has 0 aromatic heterocycles. The molecule has 1 aliphatic carbocycles. The van der Waals surface area contributed by atoms with Crippen molar-refractivity contribution in [2.24, 2.45) is 5.92 Å². The van der Waals surface area contributed by atoms with Crippen molar-refractivity contribution in [3.8, 4) is 0 Å². The van der Waals surface area contributed by atoms with Gasteiger partial charge in [-0.1, -0.05) is 33.1 Å². The van der Waals surface area contributed by atoms with Crippen molar-refractivity contribution >= 4 is 0 Å². The second-order valence-electron chi connectivity index (χ2n) is 3.37. The van der Waals surface area contributed by atoms with E-state index in [0.717, 1.165) is 5.92 Å². The van der Waals surface area contributed by atoms with E-state index in [0.29, 0.717) is 0 Å². The Morgan fingerprint density at radius 2 is 1.56 bits per heavy atom. The first kappa shape index (κ1) is 7.11. The van der Waals surface area contributed by atoms with Crippen LogP contribution in [0.2, 0.25) is 0 Å². The maximum absolute atomic E-state index is 2.32. The van der Waals surface area contributed by atoms with E-state index in [2.05, 4.69) is 13.8 Å². The Hall–Kier alpha value is 0. The third-order valence-electron chi connectivity index (χ3n) is 2.31. The molecule has 0 heterocycles. The molecule has 0 N–H and O–H groups in total. The normalized spacial score (nSPS) is 23.0. The van der Waals surface area contributed by atoms with Crippen molar-refractivity contribution in [2.75, 3.05) is 0 Å². The Balaban J connectivity index is 2.23. The molecule has 0 amide bonds. The van der Waals surface area contributed by atoms with Crippen LogP contribution < -0.4 is 0 Å². The molecule has 0 atom stereocenters. The Morgan fingerprint density at radius 3 is 1.89 bits per heavy atom. The fourth-order valence-electron chi connectivity index (χ4n) is 1.58. The van der Waals surface area contributed by atoms with Crippen LogP contribution in [0.25, 0.3) is 0 Å². The Morgan fingerprint density at radius 1 is 1.00 bits per heavy atom. The van der Waals surface area contributed by atoms with Crippen LogP contribution in [-0.2, 0) is 0 Å². The van der Waals surface area contributed by atoms with Crippen LogP contribution >= 0.6 is 0 Å². The van der Waals surface area contributed by atoms with E-state index in [4.69, 9.17) is 0 Å². The Kier molecular flexibility index (Phi) is 2.56. The molecule has 0 aromatic carbocycles. The lowest BCUT2D eigenvalue weighted by molar-refractivity contribution is 0.455. The van der Waals surface area contributed by atoms with Crippen molar-refractivity contribution in [3.63, 3.8) is 0 Å². The predicted molar refractivity (Wildman–Crippen MR) is 41.2 cm³/mol. The van der Waals surface area contributed by atoms with E-state index < -0.39 is 0 Å². The second-order valence-corrected chi connectivity index (χ2v) is 3.37. The molecular formula is C9H17. The smallest absolute Gasteiger partial charge is 0.0215 e. The summed E-state index contributed by atoms with van der Waals surface area (Å²) in [5.74, 6) is 2.66. The van der Waals surface area contributed by atoms with Gasteiger partial charge in [0, 0.05) is 0 Å². The number of hydrogen-bond acceptors (Lipinski definition) is 0. The zero-order valence-electron chi connectivity index (χ0n) is 6.61. The molecular weight excluding hydrogens is 108 g/mol. The van der Waals surface area contributed by atoms with Crippen LogP contribution in [0, 0.1) is 11.8 Å². The van der Waals surface area contributed by atoms with Gasteiger partial charge in [0.1, 0.15) is 0 Å². The summed E-state index contributed by atoms with van der Waals surface area (Å²) in [4.78, 5) is 0. The minimum absolute atomic E-state index is 0.852. The largest absolute Gasteiger partial charge is 0.0622 e. The first-order chi connectivity index (χ1) is 4.30. The van der Waals surface area contributed by atoms with Crippen LogP contribution in [0.4, 0.5) is 0 Å². The fraction of sp³-hybridized carbons (Fsp3) is 0.889. The molecule has 0 saturated heterocycles. The van der Waals surface area contributed by atoms with Gasteiger partial charge in [-0.25, -0.2) is 0 Å². The molecule has 1 rings (SSSR count). The summed E-state index contributed by atoms with van der Waals surface area (Å²) >= 11 is 0. The SMILES string of the molecule is CC(C)[C]1CCCCC1. The van der Waals surface area contributed by atoms with Crippen LogP contribution in [0.1, 0.15) is 46.0 Å². The molecule has 0 unspecified atom stereocenters. The molecule has 0 aromatic rings. The Bertz CT molecular complexity index is 68.1. The van der Waals surface area contributed by atoms with Crippen LogP contribution in [0.15, 0.2) is 0 Å². The van der Waals surface area contributed by atoms with Crippen molar-refractivity contribution in [1.29, 1.82) is 0 Å². The quantitative estimate of drug-likeness (QED) is 0.505. The van der Waals surface area contributed by atoms with Gasteiger partial charge in [-0.3, -0.25) is 0 Å². The zero-order chi connectivity index (χ0) is 6.69. The van der Waals surface area contributed by atoms with Gasteiger partial charge in [0.2, 0.25) is 0 Å². The summed E-state index contributed by atoms with van der Waals surface area (Å²) in [7, 11) is 0. The van der Waals surface area contributed by atoms with Gasteiger partial charge in [-0.2, -0.15) is 0 Å². The summed E-state index contributed by atoms with van der Waals surface area (Å²) in [5.41, 5.74) is 0. The minimum atomic E-state index is 0.852. The van der Waals surface area contributed by atoms with E-state index in [1.165, 1.54) is 32.1 Å². The molecule has 0 aliphatic heterocycles. The topological polar surface area (TPSA) is 0 Å². The highest BCUT2D eigenvalue weighted by Crippen LogP contribution is 2.31. The van der Waals surface area contributed by atoms with Crippen LogP contribution in [0.3, 0.4) is 0 Å². The van der Waals surface area contributed by atoms with Gasteiger partial charge in [0.25, 0.3) is 0 Å². The van der Waals surface area contributed by atoms with Crippen LogP contribution in [-0.4, -0.2) is 0 Å². The fourth-order valence-corrected chi connectivity index (χ4v) is 1.58. The summed E-state index contributed by atoms with van der Waals surface area (Å²) in [6.07, 6.45) is 7.20. The van der Waals surface area contributed by atoms with Gasteiger partial charge >= 0.3 is 0 Å². The van der Waals surface area contributed by atoms with Crippen LogP contribution in [0.5, 0.6) is 0 Å². The van der Waals surface area contributed by atoms with E-state index in [1.807, 2.05) is 0 Å². The third kappa shape index (κ3) is 2.00. The summed E-state index contributed by atoms with van der Waals surface area (Å²) in [6.45, 7) is 4.64. The zero-order valence-corrected chi connectivity index (χ0v) is 6.61. The van der Waals surface area contributed by atoms with Gasteiger partial charge in [0.05, 0.1) is 0 Å². The maximum atomic E-state index is 2.32. The summed E-state index contributed by atoms with van der Waals surface area (Å²) < 4.78 is 0. The van der Waals surface area contributed by atoms with Gasteiger partial charge in [-0.05, 0) is 24.7 Å². The standard InChI is InChI=1S/C9H17/c1-8(2)9-6-4-3-5-7-9/h8H,3-7H2,1-2H3.